The standard InChI is InChI=1S/C21H12N4O4S/c26-20-18(30-21-22-19(23-24(20)21)14-4-2-1-3-5-14)12-16-10-11-17(29-16)13-6-8-15(9-7-13)25(27)28/h1-12H. The lowest BCUT2D eigenvalue weighted by Gasteiger charge is -1.96. The summed E-state index contributed by atoms with van der Waals surface area (Å²) >= 11 is 1.23. The second kappa shape index (κ2) is 7.05. The predicted octanol–water partition coefficient (Wildman–Crippen LogP) is 3.53. The molecule has 2 aromatic carbocycles. The Morgan fingerprint density at radius 2 is 1.77 bits per heavy atom. The highest BCUT2D eigenvalue weighted by Gasteiger charge is 2.13. The van der Waals surface area contributed by atoms with Gasteiger partial charge in [-0.2, -0.15) is 9.50 Å². The fourth-order valence-electron chi connectivity index (χ4n) is 3.01. The molecule has 146 valence electrons. The van der Waals surface area contributed by atoms with E-state index in [1.807, 2.05) is 30.3 Å². The number of nitrogens with zero attached hydrogens (tertiary/aromatic N) is 4. The van der Waals surface area contributed by atoms with Crippen molar-refractivity contribution >= 4 is 28.1 Å². The molecule has 5 rings (SSSR count). The molecule has 0 unspecified atom stereocenters. The smallest absolute Gasteiger partial charge is 0.291 e. The Balaban J connectivity index is 1.48. The van der Waals surface area contributed by atoms with Crippen molar-refractivity contribution in [3.8, 4) is 22.7 Å². The van der Waals surface area contributed by atoms with Gasteiger partial charge in [0.15, 0.2) is 5.82 Å². The van der Waals surface area contributed by atoms with Crippen LogP contribution in [0.2, 0.25) is 0 Å². The molecule has 0 saturated carbocycles. The molecule has 3 aromatic heterocycles. The van der Waals surface area contributed by atoms with Crippen LogP contribution in [-0.4, -0.2) is 19.5 Å². The van der Waals surface area contributed by atoms with Gasteiger partial charge in [0.2, 0.25) is 4.96 Å². The lowest BCUT2D eigenvalue weighted by molar-refractivity contribution is -0.384. The van der Waals surface area contributed by atoms with E-state index in [4.69, 9.17) is 4.42 Å². The number of hydrogen-bond donors (Lipinski definition) is 0. The molecule has 8 nitrogen and oxygen atoms in total. The van der Waals surface area contributed by atoms with E-state index in [0.29, 0.717) is 32.4 Å². The summed E-state index contributed by atoms with van der Waals surface area (Å²) in [5.41, 5.74) is 1.30. The van der Waals surface area contributed by atoms with Crippen molar-refractivity contribution in [2.75, 3.05) is 0 Å². The van der Waals surface area contributed by atoms with E-state index in [2.05, 4.69) is 10.1 Å². The number of fused-ring (bicyclic) bond motifs is 1. The first kappa shape index (κ1) is 18.0. The van der Waals surface area contributed by atoms with Crippen LogP contribution in [0.25, 0.3) is 33.7 Å². The van der Waals surface area contributed by atoms with Crippen molar-refractivity contribution < 1.29 is 9.34 Å². The van der Waals surface area contributed by atoms with Crippen LogP contribution in [0.4, 0.5) is 5.69 Å². The summed E-state index contributed by atoms with van der Waals surface area (Å²) in [4.78, 5) is 28.0. The van der Waals surface area contributed by atoms with Gasteiger partial charge < -0.3 is 4.42 Å². The molecule has 5 aromatic rings. The predicted molar refractivity (Wildman–Crippen MR) is 112 cm³/mol. The third-order valence-corrected chi connectivity index (χ3v) is 5.44. The van der Waals surface area contributed by atoms with Crippen LogP contribution in [0.1, 0.15) is 5.76 Å². The maximum atomic E-state index is 12.7. The zero-order chi connectivity index (χ0) is 20.7. The van der Waals surface area contributed by atoms with E-state index in [9.17, 15) is 14.9 Å². The molecule has 0 saturated heterocycles. The van der Waals surface area contributed by atoms with Crippen LogP contribution >= 0.6 is 11.3 Å². The highest BCUT2D eigenvalue weighted by atomic mass is 32.1. The van der Waals surface area contributed by atoms with E-state index in [1.54, 1.807) is 30.3 Å². The molecular weight excluding hydrogens is 404 g/mol. The molecule has 0 bridgehead atoms. The van der Waals surface area contributed by atoms with Gasteiger partial charge in [0.1, 0.15) is 16.1 Å². The van der Waals surface area contributed by atoms with Crippen molar-refractivity contribution in [1.29, 1.82) is 0 Å². The topological polar surface area (TPSA) is 104 Å². The normalized spacial score (nSPS) is 11.9. The third kappa shape index (κ3) is 3.16. The van der Waals surface area contributed by atoms with E-state index in [-0.39, 0.29) is 11.2 Å². The van der Waals surface area contributed by atoms with Gasteiger partial charge >= 0.3 is 0 Å². The molecule has 30 heavy (non-hydrogen) atoms. The summed E-state index contributed by atoms with van der Waals surface area (Å²) in [6.45, 7) is 0. The number of thiazole rings is 1. The molecule has 0 aliphatic carbocycles. The maximum absolute atomic E-state index is 12.7. The van der Waals surface area contributed by atoms with Crippen LogP contribution in [0.15, 0.2) is 75.9 Å². The average Bonchev–Trinajstić information content (AvgIpc) is 3.47. The van der Waals surface area contributed by atoms with Gasteiger partial charge in [-0.25, -0.2) is 0 Å². The molecule has 0 spiro atoms. The Hall–Kier alpha value is -4.11. The molecule has 0 amide bonds. The van der Waals surface area contributed by atoms with E-state index >= 15 is 0 Å². The number of hydrogen-bond acceptors (Lipinski definition) is 7. The minimum Gasteiger partial charge on any atom is -0.457 e. The summed E-state index contributed by atoms with van der Waals surface area (Å²) in [7, 11) is 0. The Morgan fingerprint density at radius 3 is 2.47 bits per heavy atom. The van der Waals surface area contributed by atoms with Gasteiger partial charge in [-0.1, -0.05) is 41.7 Å². The summed E-state index contributed by atoms with van der Waals surface area (Å²) in [5, 5.41) is 15.1. The quantitative estimate of drug-likeness (QED) is 0.328. The summed E-state index contributed by atoms with van der Waals surface area (Å²) in [6, 6.07) is 19.0. The molecular formula is C21H12N4O4S. The second-order valence-electron chi connectivity index (χ2n) is 6.42. The zero-order valence-corrected chi connectivity index (χ0v) is 16.1. The largest absolute Gasteiger partial charge is 0.457 e. The lowest BCUT2D eigenvalue weighted by Crippen LogP contribution is -2.23. The first-order valence-electron chi connectivity index (χ1n) is 8.90. The summed E-state index contributed by atoms with van der Waals surface area (Å²) < 4.78 is 7.53. The Kier molecular flexibility index (Phi) is 4.22. The van der Waals surface area contributed by atoms with Gasteiger partial charge in [-0.15, -0.1) is 5.10 Å². The minimum atomic E-state index is -0.453. The van der Waals surface area contributed by atoms with Crippen molar-refractivity contribution in [1.82, 2.24) is 14.6 Å². The number of rotatable bonds is 4. The first-order chi connectivity index (χ1) is 14.6. The zero-order valence-electron chi connectivity index (χ0n) is 15.3. The fraction of sp³-hybridized carbons (Fsp3) is 0. The van der Waals surface area contributed by atoms with E-state index in [1.165, 1.54) is 28.0 Å². The number of non-ortho nitro benzene ring substituents is 1. The molecule has 0 fully saturated rings. The number of aromatic nitrogens is 3. The number of nitro groups is 1. The molecule has 0 radical (unpaired) electrons. The van der Waals surface area contributed by atoms with Gasteiger partial charge in [0.05, 0.1) is 4.92 Å². The summed E-state index contributed by atoms with van der Waals surface area (Å²) in [5.74, 6) is 1.55. The van der Waals surface area contributed by atoms with E-state index < -0.39 is 4.92 Å². The maximum Gasteiger partial charge on any atom is 0.291 e. The molecule has 0 aliphatic heterocycles. The van der Waals surface area contributed by atoms with Crippen molar-refractivity contribution in [3.63, 3.8) is 0 Å². The Morgan fingerprint density at radius 1 is 1.00 bits per heavy atom. The monoisotopic (exact) mass is 416 g/mol. The van der Waals surface area contributed by atoms with Gasteiger partial charge in [0, 0.05) is 29.3 Å². The van der Waals surface area contributed by atoms with E-state index in [0.717, 1.165) is 5.56 Å². The van der Waals surface area contributed by atoms with Crippen molar-refractivity contribution in [2.45, 2.75) is 0 Å². The SMILES string of the molecule is O=c1c(=Cc2ccc(-c3ccc([N+](=O)[O-])cc3)o2)sc2nc(-c3ccccc3)nn12. The molecule has 0 N–H and O–H groups in total. The van der Waals surface area contributed by atoms with Crippen LogP contribution < -0.4 is 10.1 Å². The van der Waals surface area contributed by atoms with Gasteiger partial charge in [0.25, 0.3) is 11.2 Å². The van der Waals surface area contributed by atoms with Crippen LogP contribution in [0.5, 0.6) is 0 Å². The fourth-order valence-corrected chi connectivity index (χ4v) is 3.89. The van der Waals surface area contributed by atoms with Gasteiger partial charge in [-0.3, -0.25) is 14.9 Å². The third-order valence-electron chi connectivity index (χ3n) is 4.48. The second-order valence-corrected chi connectivity index (χ2v) is 7.43. The molecule has 0 aliphatic rings. The number of benzene rings is 2. The molecule has 0 atom stereocenters. The van der Waals surface area contributed by atoms with Crippen molar-refractivity contribution in [2.24, 2.45) is 0 Å². The first-order valence-corrected chi connectivity index (χ1v) is 9.71. The Bertz CT molecular complexity index is 1480. The summed E-state index contributed by atoms with van der Waals surface area (Å²) in [6.07, 6.45) is 1.64. The Labute approximate surface area is 172 Å². The minimum absolute atomic E-state index is 0.0115. The van der Waals surface area contributed by atoms with Crippen LogP contribution in [-0.2, 0) is 0 Å². The highest BCUT2D eigenvalue weighted by molar-refractivity contribution is 7.15. The van der Waals surface area contributed by atoms with Crippen LogP contribution in [0.3, 0.4) is 0 Å². The molecule has 9 heteroatoms. The van der Waals surface area contributed by atoms with Crippen LogP contribution in [0, 0.1) is 10.1 Å². The highest BCUT2D eigenvalue weighted by Crippen LogP contribution is 2.25. The lowest BCUT2D eigenvalue weighted by atomic mass is 10.1. The average molecular weight is 416 g/mol. The number of nitro benzene ring substituents is 1. The number of furan rings is 1. The van der Waals surface area contributed by atoms with Crippen molar-refractivity contribution in [3.05, 3.63) is 97.5 Å². The molecule has 3 heterocycles. The van der Waals surface area contributed by atoms with Gasteiger partial charge in [-0.05, 0) is 24.3 Å².